The van der Waals surface area contributed by atoms with Crippen LogP contribution in [0.5, 0.6) is 0 Å². The van der Waals surface area contributed by atoms with Crippen molar-refractivity contribution in [3.05, 3.63) is 22.4 Å². The van der Waals surface area contributed by atoms with Gasteiger partial charge in [-0.1, -0.05) is 6.07 Å². The third-order valence-corrected chi connectivity index (χ3v) is 3.38. The number of hydrogen-bond acceptors (Lipinski definition) is 4. The number of aliphatic hydroxyl groups excluding tert-OH is 1. The van der Waals surface area contributed by atoms with Crippen LogP contribution in [0.1, 0.15) is 18.2 Å². The third-order valence-electron chi connectivity index (χ3n) is 2.49. The number of amides is 2. The maximum absolute atomic E-state index is 11.6. The topological polar surface area (TPSA) is 98.7 Å². The number of nitrogens with one attached hydrogen (secondary N) is 2. The van der Waals surface area contributed by atoms with Crippen LogP contribution in [0, 0.1) is 0 Å². The molecule has 0 saturated carbocycles. The fourth-order valence-electron chi connectivity index (χ4n) is 1.59. The molecule has 0 saturated heterocycles. The van der Waals surface area contributed by atoms with E-state index >= 15 is 0 Å². The largest absolute Gasteiger partial charge is 0.480 e. The van der Waals surface area contributed by atoms with E-state index in [0.29, 0.717) is 6.42 Å². The fourth-order valence-corrected chi connectivity index (χ4v) is 2.43. The zero-order valence-electron chi connectivity index (χ0n) is 10.6. The zero-order chi connectivity index (χ0) is 14.3. The van der Waals surface area contributed by atoms with E-state index < -0.39 is 18.0 Å². The molecule has 7 heteroatoms. The molecule has 0 spiro atoms. The SMILES string of the molecule is CC(Cc1cccs1)NC(=O)N[C@@H](CCO)C(=O)O. The molecule has 0 aliphatic heterocycles. The predicted octanol–water partition coefficient (Wildman–Crippen LogP) is 0.814. The minimum absolute atomic E-state index is 0.0118. The van der Waals surface area contributed by atoms with Crippen molar-refractivity contribution in [1.82, 2.24) is 10.6 Å². The monoisotopic (exact) mass is 286 g/mol. The summed E-state index contributed by atoms with van der Waals surface area (Å²) >= 11 is 1.61. The van der Waals surface area contributed by atoms with Gasteiger partial charge in [-0.3, -0.25) is 0 Å². The van der Waals surface area contributed by atoms with Crippen LogP contribution in [0.15, 0.2) is 17.5 Å². The lowest BCUT2D eigenvalue weighted by Gasteiger charge is -2.17. The highest BCUT2D eigenvalue weighted by atomic mass is 32.1. The number of carboxylic acid groups (broad SMARTS) is 1. The number of carbonyl (C=O) groups excluding carboxylic acids is 1. The van der Waals surface area contributed by atoms with Crippen LogP contribution >= 0.6 is 11.3 Å². The lowest BCUT2D eigenvalue weighted by molar-refractivity contribution is -0.139. The highest BCUT2D eigenvalue weighted by Crippen LogP contribution is 2.10. The average Bonchev–Trinajstić information content (AvgIpc) is 2.80. The summed E-state index contributed by atoms with van der Waals surface area (Å²) < 4.78 is 0. The molecule has 2 atom stereocenters. The summed E-state index contributed by atoms with van der Waals surface area (Å²) in [5.74, 6) is -1.16. The molecule has 0 aliphatic carbocycles. The van der Waals surface area contributed by atoms with Gasteiger partial charge in [0.1, 0.15) is 6.04 Å². The molecule has 0 bridgehead atoms. The van der Waals surface area contributed by atoms with E-state index in [1.54, 1.807) is 11.3 Å². The van der Waals surface area contributed by atoms with Crippen molar-refractivity contribution >= 4 is 23.3 Å². The van der Waals surface area contributed by atoms with Crippen molar-refractivity contribution < 1.29 is 19.8 Å². The van der Waals surface area contributed by atoms with Crippen LogP contribution < -0.4 is 10.6 Å². The van der Waals surface area contributed by atoms with Crippen LogP contribution in [-0.2, 0) is 11.2 Å². The van der Waals surface area contributed by atoms with Gasteiger partial charge in [-0.15, -0.1) is 11.3 Å². The quantitative estimate of drug-likeness (QED) is 0.596. The molecule has 0 fully saturated rings. The van der Waals surface area contributed by atoms with Crippen LogP contribution in [0.3, 0.4) is 0 Å². The Bertz CT molecular complexity index is 408. The third kappa shape index (κ3) is 5.71. The lowest BCUT2D eigenvalue weighted by atomic mass is 10.2. The van der Waals surface area contributed by atoms with E-state index in [1.165, 1.54) is 0 Å². The Labute approximate surface area is 115 Å². The fraction of sp³-hybridized carbons (Fsp3) is 0.500. The number of hydrogen-bond donors (Lipinski definition) is 4. The molecule has 0 radical (unpaired) electrons. The molecule has 1 aromatic heterocycles. The number of rotatable bonds is 7. The second-order valence-electron chi connectivity index (χ2n) is 4.21. The first-order valence-electron chi connectivity index (χ1n) is 5.96. The van der Waals surface area contributed by atoms with Gasteiger partial charge in [0.15, 0.2) is 0 Å². The van der Waals surface area contributed by atoms with Crippen LogP contribution in [-0.4, -0.2) is 40.9 Å². The van der Waals surface area contributed by atoms with E-state index in [4.69, 9.17) is 10.2 Å². The molecule has 0 aromatic carbocycles. The van der Waals surface area contributed by atoms with Crippen molar-refractivity contribution in [3.8, 4) is 0 Å². The molecular formula is C12H18N2O4S. The minimum atomic E-state index is -1.16. The van der Waals surface area contributed by atoms with Gasteiger partial charge in [-0.25, -0.2) is 9.59 Å². The average molecular weight is 286 g/mol. The summed E-state index contributed by atoms with van der Waals surface area (Å²) in [4.78, 5) is 23.6. The molecule has 1 unspecified atom stereocenters. The number of thiophene rings is 1. The number of carboxylic acids is 1. The number of carbonyl (C=O) groups is 2. The highest BCUT2D eigenvalue weighted by molar-refractivity contribution is 7.09. The van der Waals surface area contributed by atoms with E-state index in [9.17, 15) is 9.59 Å². The summed E-state index contributed by atoms with van der Waals surface area (Å²) in [6.45, 7) is 1.56. The Kier molecular flexibility index (Phi) is 6.31. The maximum Gasteiger partial charge on any atom is 0.326 e. The van der Waals surface area contributed by atoms with Gasteiger partial charge < -0.3 is 20.8 Å². The first kappa shape index (κ1) is 15.5. The molecule has 106 valence electrons. The molecule has 19 heavy (non-hydrogen) atoms. The number of urea groups is 1. The summed E-state index contributed by atoms with van der Waals surface area (Å²) in [5, 5.41) is 24.5. The Hall–Kier alpha value is -1.60. The number of aliphatic hydroxyl groups is 1. The zero-order valence-corrected chi connectivity index (χ0v) is 11.4. The Morgan fingerprint density at radius 2 is 2.16 bits per heavy atom. The summed E-state index contributed by atoms with van der Waals surface area (Å²) in [7, 11) is 0. The molecule has 6 nitrogen and oxygen atoms in total. The Morgan fingerprint density at radius 3 is 2.68 bits per heavy atom. The predicted molar refractivity (Wildman–Crippen MR) is 72.3 cm³/mol. The Balaban J connectivity index is 2.38. The smallest absolute Gasteiger partial charge is 0.326 e. The van der Waals surface area contributed by atoms with E-state index in [0.717, 1.165) is 4.88 Å². The Morgan fingerprint density at radius 1 is 1.42 bits per heavy atom. The first-order chi connectivity index (χ1) is 9.02. The van der Waals surface area contributed by atoms with Gasteiger partial charge in [0, 0.05) is 30.4 Å². The molecule has 1 aromatic rings. The van der Waals surface area contributed by atoms with Crippen molar-refractivity contribution in [2.45, 2.75) is 31.8 Å². The van der Waals surface area contributed by atoms with Gasteiger partial charge in [0.05, 0.1) is 0 Å². The van der Waals surface area contributed by atoms with Crippen LogP contribution in [0.2, 0.25) is 0 Å². The molecule has 1 rings (SSSR count). The van der Waals surface area contributed by atoms with E-state index in [1.807, 2.05) is 24.4 Å². The minimum Gasteiger partial charge on any atom is -0.480 e. The second kappa shape index (κ2) is 7.75. The molecule has 0 aliphatic rings. The summed E-state index contributed by atoms with van der Waals surface area (Å²) in [6.07, 6.45) is 0.685. The lowest BCUT2D eigenvalue weighted by Crippen LogP contribution is -2.49. The van der Waals surface area contributed by atoms with E-state index in [-0.39, 0.29) is 19.1 Å². The summed E-state index contributed by atoms with van der Waals surface area (Å²) in [5.41, 5.74) is 0. The standard InChI is InChI=1S/C12H18N2O4S/c1-8(7-9-3-2-6-19-9)13-12(18)14-10(4-5-15)11(16)17/h2-3,6,8,10,15H,4-5,7H2,1H3,(H,16,17)(H2,13,14,18)/t8?,10-/m0/s1. The molecule has 4 N–H and O–H groups in total. The van der Waals surface area contributed by atoms with Gasteiger partial charge in [-0.2, -0.15) is 0 Å². The molecular weight excluding hydrogens is 268 g/mol. The van der Waals surface area contributed by atoms with Crippen LogP contribution in [0.25, 0.3) is 0 Å². The summed E-state index contributed by atoms with van der Waals surface area (Å²) in [6, 6.07) is 2.22. The van der Waals surface area contributed by atoms with Crippen molar-refractivity contribution in [3.63, 3.8) is 0 Å². The molecule has 2 amide bonds. The van der Waals surface area contributed by atoms with Gasteiger partial charge in [0.25, 0.3) is 0 Å². The first-order valence-corrected chi connectivity index (χ1v) is 6.84. The maximum atomic E-state index is 11.6. The van der Waals surface area contributed by atoms with Crippen molar-refractivity contribution in [2.75, 3.05) is 6.61 Å². The van der Waals surface area contributed by atoms with Gasteiger partial charge >= 0.3 is 12.0 Å². The molecule has 1 heterocycles. The second-order valence-corrected chi connectivity index (χ2v) is 5.24. The van der Waals surface area contributed by atoms with Crippen LogP contribution in [0.4, 0.5) is 4.79 Å². The highest BCUT2D eigenvalue weighted by Gasteiger charge is 2.19. The van der Waals surface area contributed by atoms with Crippen molar-refractivity contribution in [1.29, 1.82) is 0 Å². The number of aliphatic carboxylic acids is 1. The normalized spacial score (nSPS) is 13.6. The van der Waals surface area contributed by atoms with Gasteiger partial charge in [0.2, 0.25) is 0 Å². The van der Waals surface area contributed by atoms with Gasteiger partial charge in [-0.05, 0) is 18.4 Å². The van der Waals surface area contributed by atoms with Crippen molar-refractivity contribution in [2.24, 2.45) is 0 Å². The van der Waals surface area contributed by atoms with E-state index in [2.05, 4.69) is 10.6 Å².